The molecule has 0 spiro atoms. The molecule has 0 saturated carbocycles. The second-order valence-corrected chi connectivity index (χ2v) is 4.02. The number of aliphatic hydroxyl groups is 2. The molecule has 3 heteroatoms. The van der Waals surface area contributed by atoms with Crippen molar-refractivity contribution in [3.63, 3.8) is 0 Å². The standard InChI is InChI=1S/C13H20O3/c1-4-5-12(14)13(15)11-7-6-10(16-3)8-9(11)2/h6-8,12-15H,4-5H2,1-3H3. The molecule has 2 N–H and O–H groups in total. The Hall–Kier alpha value is -1.06. The first-order valence-electron chi connectivity index (χ1n) is 5.60. The molecular weight excluding hydrogens is 204 g/mol. The van der Waals surface area contributed by atoms with Gasteiger partial charge in [-0.1, -0.05) is 19.4 Å². The summed E-state index contributed by atoms with van der Waals surface area (Å²) in [6.07, 6.45) is -0.0528. The molecule has 0 aliphatic heterocycles. The van der Waals surface area contributed by atoms with Gasteiger partial charge in [0.25, 0.3) is 0 Å². The summed E-state index contributed by atoms with van der Waals surface area (Å²) in [6.45, 7) is 3.89. The van der Waals surface area contributed by atoms with Crippen molar-refractivity contribution in [2.45, 2.75) is 38.9 Å². The first kappa shape index (κ1) is 13.0. The second-order valence-electron chi connectivity index (χ2n) is 4.02. The number of rotatable bonds is 5. The molecule has 0 fully saturated rings. The van der Waals surface area contributed by atoms with Crippen molar-refractivity contribution in [1.82, 2.24) is 0 Å². The van der Waals surface area contributed by atoms with Gasteiger partial charge in [0.05, 0.1) is 13.2 Å². The molecule has 0 radical (unpaired) electrons. The minimum absolute atomic E-state index is 0.604. The van der Waals surface area contributed by atoms with Crippen LogP contribution in [0.4, 0.5) is 0 Å². The molecular formula is C13H20O3. The monoisotopic (exact) mass is 224 g/mol. The fraction of sp³-hybridized carbons (Fsp3) is 0.538. The van der Waals surface area contributed by atoms with Gasteiger partial charge in [0.1, 0.15) is 11.9 Å². The van der Waals surface area contributed by atoms with Crippen LogP contribution < -0.4 is 4.74 Å². The van der Waals surface area contributed by atoms with E-state index in [0.717, 1.165) is 23.3 Å². The molecule has 0 aliphatic rings. The van der Waals surface area contributed by atoms with Gasteiger partial charge in [-0.2, -0.15) is 0 Å². The van der Waals surface area contributed by atoms with E-state index in [-0.39, 0.29) is 0 Å². The highest BCUT2D eigenvalue weighted by atomic mass is 16.5. The van der Waals surface area contributed by atoms with Crippen LogP contribution in [-0.4, -0.2) is 23.4 Å². The number of aliphatic hydroxyl groups excluding tert-OH is 2. The molecule has 1 aromatic carbocycles. The smallest absolute Gasteiger partial charge is 0.119 e. The minimum atomic E-state index is -0.814. The Labute approximate surface area is 96.7 Å². The topological polar surface area (TPSA) is 49.7 Å². The zero-order valence-electron chi connectivity index (χ0n) is 10.1. The van der Waals surface area contributed by atoms with Crippen LogP contribution in [0.2, 0.25) is 0 Å². The molecule has 0 heterocycles. The van der Waals surface area contributed by atoms with Gasteiger partial charge in [-0.3, -0.25) is 0 Å². The van der Waals surface area contributed by atoms with Crippen molar-refractivity contribution in [3.8, 4) is 5.75 Å². The molecule has 2 atom stereocenters. The highest BCUT2D eigenvalue weighted by molar-refractivity contribution is 5.36. The van der Waals surface area contributed by atoms with E-state index < -0.39 is 12.2 Å². The lowest BCUT2D eigenvalue weighted by Gasteiger charge is -2.19. The Morgan fingerprint density at radius 3 is 2.50 bits per heavy atom. The van der Waals surface area contributed by atoms with Crippen LogP contribution in [0.5, 0.6) is 5.75 Å². The first-order chi connectivity index (χ1) is 7.60. The van der Waals surface area contributed by atoms with Crippen LogP contribution >= 0.6 is 0 Å². The van der Waals surface area contributed by atoms with Gasteiger partial charge in [0, 0.05) is 0 Å². The molecule has 1 aromatic rings. The maximum atomic E-state index is 9.97. The van der Waals surface area contributed by atoms with Gasteiger partial charge in [0.15, 0.2) is 0 Å². The zero-order valence-corrected chi connectivity index (χ0v) is 10.1. The lowest BCUT2D eigenvalue weighted by Crippen LogP contribution is -2.18. The third-order valence-electron chi connectivity index (χ3n) is 2.74. The van der Waals surface area contributed by atoms with Crippen molar-refractivity contribution in [2.75, 3.05) is 7.11 Å². The summed E-state index contributed by atoms with van der Waals surface area (Å²) in [5.74, 6) is 0.762. The first-order valence-corrected chi connectivity index (χ1v) is 5.60. The quantitative estimate of drug-likeness (QED) is 0.806. The van der Waals surface area contributed by atoms with E-state index in [1.54, 1.807) is 19.2 Å². The van der Waals surface area contributed by atoms with Crippen LogP contribution in [0.15, 0.2) is 18.2 Å². The zero-order chi connectivity index (χ0) is 12.1. The predicted octanol–water partition coefficient (Wildman–Crippen LogP) is 2.20. The van der Waals surface area contributed by atoms with Gasteiger partial charge < -0.3 is 14.9 Å². The average molecular weight is 224 g/mol. The van der Waals surface area contributed by atoms with Gasteiger partial charge in [-0.25, -0.2) is 0 Å². The van der Waals surface area contributed by atoms with E-state index in [9.17, 15) is 10.2 Å². The molecule has 3 nitrogen and oxygen atoms in total. The van der Waals surface area contributed by atoms with E-state index >= 15 is 0 Å². The van der Waals surface area contributed by atoms with Crippen LogP contribution in [0.3, 0.4) is 0 Å². The summed E-state index contributed by atoms with van der Waals surface area (Å²) in [7, 11) is 1.61. The molecule has 0 amide bonds. The molecule has 16 heavy (non-hydrogen) atoms. The van der Waals surface area contributed by atoms with Crippen molar-refractivity contribution in [1.29, 1.82) is 0 Å². The summed E-state index contributed by atoms with van der Waals surface area (Å²) < 4.78 is 5.09. The molecule has 0 bridgehead atoms. The van der Waals surface area contributed by atoms with Crippen LogP contribution in [-0.2, 0) is 0 Å². The maximum Gasteiger partial charge on any atom is 0.119 e. The number of benzene rings is 1. The summed E-state index contributed by atoms with van der Waals surface area (Å²) in [5.41, 5.74) is 1.70. The summed E-state index contributed by atoms with van der Waals surface area (Å²) in [6, 6.07) is 5.46. The van der Waals surface area contributed by atoms with Crippen molar-refractivity contribution >= 4 is 0 Å². The van der Waals surface area contributed by atoms with Crippen molar-refractivity contribution in [3.05, 3.63) is 29.3 Å². The molecule has 0 aromatic heterocycles. The molecule has 0 saturated heterocycles. The van der Waals surface area contributed by atoms with Crippen molar-refractivity contribution < 1.29 is 14.9 Å². The Bertz CT molecular complexity index is 336. The minimum Gasteiger partial charge on any atom is -0.497 e. The fourth-order valence-electron chi connectivity index (χ4n) is 1.77. The van der Waals surface area contributed by atoms with Gasteiger partial charge in [-0.15, -0.1) is 0 Å². The Kier molecular flexibility index (Phi) is 4.77. The lowest BCUT2D eigenvalue weighted by atomic mass is 9.97. The second kappa shape index (κ2) is 5.87. The Morgan fingerprint density at radius 2 is 2.00 bits per heavy atom. The summed E-state index contributed by atoms with van der Waals surface area (Å²) in [5, 5.41) is 19.7. The van der Waals surface area contributed by atoms with E-state index in [4.69, 9.17) is 4.74 Å². The summed E-state index contributed by atoms with van der Waals surface area (Å²) >= 11 is 0. The largest absolute Gasteiger partial charge is 0.497 e. The maximum absolute atomic E-state index is 9.97. The highest BCUT2D eigenvalue weighted by Gasteiger charge is 2.19. The molecule has 90 valence electrons. The predicted molar refractivity (Wildman–Crippen MR) is 63.6 cm³/mol. The Morgan fingerprint density at radius 1 is 1.31 bits per heavy atom. The van der Waals surface area contributed by atoms with Crippen LogP contribution in [0, 0.1) is 6.92 Å². The highest BCUT2D eigenvalue weighted by Crippen LogP contribution is 2.26. The van der Waals surface area contributed by atoms with Gasteiger partial charge in [0.2, 0.25) is 0 Å². The van der Waals surface area contributed by atoms with E-state index in [2.05, 4.69) is 0 Å². The molecule has 0 aliphatic carbocycles. The molecule has 1 rings (SSSR count). The normalized spacial score (nSPS) is 14.6. The van der Waals surface area contributed by atoms with Gasteiger partial charge >= 0.3 is 0 Å². The van der Waals surface area contributed by atoms with Crippen LogP contribution in [0.25, 0.3) is 0 Å². The Balaban J connectivity index is 2.87. The number of ether oxygens (including phenoxy) is 1. The SMILES string of the molecule is CCCC(O)C(O)c1ccc(OC)cc1C. The van der Waals surface area contributed by atoms with E-state index in [1.165, 1.54) is 0 Å². The molecule has 2 unspecified atom stereocenters. The van der Waals surface area contributed by atoms with E-state index in [0.29, 0.717) is 6.42 Å². The number of methoxy groups -OCH3 is 1. The van der Waals surface area contributed by atoms with Crippen molar-refractivity contribution in [2.24, 2.45) is 0 Å². The third kappa shape index (κ3) is 2.97. The number of aryl methyl sites for hydroxylation is 1. The summed E-state index contributed by atoms with van der Waals surface area (Å²) in [4.78, 5) is 0. The lowest BCUT2D eigenvalue weighted by molar-refractivity contribution is 0.0127. The van der Waals surface area contributed by atoms with Gasteiger partial charge in [-0.05, 0) is 36.6 Å². The number of hydrogen-bond donors (Lipinski definition) is 2. The van der Waals surface area contributed by atoms with E-state index in [1.807, 2.05) is 19.9 Å². The van der Waals surface area contributed by atoms with Crippen LogP contribution in [0.1, 0.15) is 37.0 Å². The fourth-order valence-corrected chi connectivity index (χ4v) is 1.77. The number of hydrogen-bond acceptors (Lipinski definition) is 3. The average Bonchev–Trinajstić information content (AvgIpc) is 2.28. The third-order valence-corrected chi connectivity index (χ3v) is 2.74.